The Kier molecular flexibility index (Phi) is 5.42. The molecule has 0 aromatic heterocycles. The molecule has 1 aliphatic rings. The van der Waals surface area contributed by atoms with E-state index in [2.05, 4.69) is 4.72 Å². The van der Waals surface area contributed by atoms with Crippen LogP contribution >= 0.6 is 0 Å². The SMILES string of the molecule is COc1ccc(N2C(=O)CCCC2=O)cc1S(=O)(=O)Nc1ccc(C)c(C)c1. The van der Waals surface area contributed by atoms with Crippen LogP contribution in [0.25, 0.3) is 0 Å². The Labute approximate surface area is 164 Å². The summed E-state index contributed by atoms with van der Waals surface area (Å²) in [5.74, 6) is -0.559. The number of carbonyl (C=O) groups excluding carboxylic acids is 2. The van der Waals surface area contributed by atoms with E-state index in [-0.39, 0.29) is 41.0 Å². The van der Waals surface area contributed by atoms with Gasteiger partial charge < -0.3 is 4.74 Å². The van der Waals surface area contributed by atoms with Crippen molar-refractivity contribution in [3.63, 3.8) is 0 Å². The Morgan fingerprint density at radius 2 is 1.64 bits per heavy atom. The molecule has 2 aromatic carbocycles. The predicted molar refractivity (Wildman–Crippen MR) is 106 cm³/mol. The van der Waals surface area contributed by atoms with Gasteiger partial charge >= 0.3 is 0 Å². The Balaban J connectivity index is 2.02. The van der Waals surface area contributed by atoms with E-state index in [9.17, 15) is 18.0 Å². The van der Waals surface area contributed by atoms with Gasteiger partial charge in [0.25, 0.3) is 10.0 Å². The van der Waals surface area contributed by atoms with Crippen molar-refractivity contribution in [1.29, 1.82) is 0 Å². The van der Waals surface area contributed by atoms with Crippen LogP contribution in [0.2, 0.25) is 0 Å². The Hall–Kier alpha value is -2.87. The molecule has 148 valence electrons. The molecule has 0 atom stereocenters. The minimum absolute atomic E-state index is 0.122. The molecular formula is C20H22N2O5S. The fraction of sp³-hybridized carbons (Fsp3) is 0.300. The van der Waals surface area contributed by atoms with Crippen molar-refractivity contribution in [2.45, 2.75) is 38.0 Å². The van der Waals surface area contributed by atoms with Gasteiger partial charge in [-0.25, -0.2) is 8.42 Å². The largest absolute Gasteiger partial charge is 0.495 e. The van der Waals surface area contributed by atoms with Crippen molar-refractivity contribution < 1.29 is 22.7 Å². The molecule has 0 saturated carbocycles. The topological polar surface area (TPSA) is 92.8 Å². The predicted octanol–water partition coefficient (Wildman–Crippen LogP) is 3.16. The summed E-state index contributed by atoms with van der Waals surface area (Å²) < 4.78 is 33.7. The summed E-state index contributed by atoms with van der Waals surface area (Å²) in [5.41, 5.74) is 2.63. The summed E-state index contributed by atoms with van der Waals surface area (Å²) >= 11 is 0. The average Bonchev–Trinajstić information content (AvgIpc) is 2.64. The van der Waals surface area contributed by atoms with E-state index in [4.69, 9.17) is 4.74 Å². The molecule has 1 fully saturated rings. The lowest BCUT2D eigenvalue weighted by atomic mass is 10.1. The van der Waals surface area contributed by atoms with Gasteiger partial charge in [0.15, 0.2) is 0 Å². The second-order valence-corrected chi connectivity index (χ2v) is 8.37. The normalized spacial score (nSPS) is 14.9. The summed E-state index contributed by atoms with van der Waals surface area (Å²) in [6.07, 6.45) is 1.01. The minimum atomic E-state index is -4.01. The molecule has 1 heterocycles. The molecule has 0 unspecified atom stereocenters. The molecule has 8 heteroatoms. The van der Waals surface area contributed by atoms with Crippen molar-refractivity contribution in [3.05, 3.63) is 47.5 Å². The zero-order valence-electron chi connectivity index (χ0n) is 16.0. The van der Waals surface area contributed by atoms with E-state index in [1.54, 1.807) is 12.1 Å². The first-order valence-corrected chi connectivity index (χ1v) is 10.3. The van der Waals surface area contributed by atoms with E-state index >= 15 is 0 Å². The molecule has 1 aliphatic heterocycles. The van der Waals surface area contributed by atoms with Gasteiger partial charge in [-0.1, -0.05) is 6.07 Å². The number of hydrogen-bond acceptors (Lipinski definition) is 5. The highest BCUT2D eigenvalue weighted by molar-refractivity contribution is 7.92. The molecule has 0 spiro atoms. The van der Waals surface area contributed by atoms with Crippen LogP contribution in [-0.2, 0) is 19.6 Å². The van der Waals surface area contributed by atoms with Crippen molar-refractivity contribution in [2.75, 3.05) is 16.7 Å². The first-order valence-electron chi connectivity index (χ1n) is 8.87. The number of rotatable bonds is 5. The summed E-state index contributed by atoms with van der Waals surface area (Å²) in [4.78, 5) is 25.3. The average molecular weight is 402 g/mol. The molecule has 2 amide bonds. The molecule has 1 N–H and O–H groups in total. The van der Waals surface area contributed by atoms with Crippen LogP contribution in [0.3, 0.4) is 0 Å². The first kappa shape index (κ1) is 19.9. The number of hydrogen-bond donors (Lipinski definition) is 1. The number of ether oxygens (including phenoxy) is 1. The van der Waals surface area contributed by atoms with Gasteiger partial charge in [0.2, 0.25) is 11.8 Å². The fourth-order valence-electron chi connectivity index (χ4n) is 3.07. The zero-order chi connectivity index (χ0) is 20.5. The monoisotopic (exact) mass is 402 g/mol. The van der Waals surface area contributed by atoms with E-state index in [0.717, 1.165) is 16.0 Å². The summed E-state index contributed by atoms with van der Waals surface area (Å²) in [7, 11) is -2.64. The van der Waals surface area contributed by atoms with Crippen LogP contribution in [0.15, 0.2) is 41.3 Å². The van der Waals surface area contributed by atoms with Crippen molar-refractivity contribution in [3.8, 4) is 5.75 Å². The maximum absolute atomic E-state index is 13.0. The molecular weight excluding hydrogens is 380 g/mol. The van der Waals surface area contributed by atoms with Gasteiger partial charge in [-0.15, -0.1) is 0 Å². The molecule has 0 bridgehead atoms. The summed E-state index contributed by atoms with van der Waals surface area (Å²) in [6.45, 7) is 3.83. The number of anilines is 2. The summed E-state index contributed by atoms with van der Waals surface area (Å²) in [6, 6.07) is 9.48. The summed E-state index contributed by atoms with van der Waals surface area (Å²) in [5, 5.41) is 0. The third-order valence-corrected chi connectivity index (χ3v) is 6.14. The van der Waals surface area contributed by atoms with Gasteiger partial charge in [-0.3, -0.25) is 19.2 Å². The first-order chi connectivity index (χ1) is 13.2. The second-order valence-electron chi connectivity index (χ2n) is 6.72. The Morgan fingerprint density at radius 3 is 2.25 bits per heavy atom. The number of amides is 2. The standard InChI is InChI=1S/C20H22N2O5S/c1-13-7-8-15(11-14(13)2)21-28(25,26)18-12-16(9-10-17(18)27-3)22-19(23)5-4-6-20(22)24/h7-12,21H,4-6H2,1-3H3. The van der Waals surface area contributed by atoms with Gasteiger partial charge in [0, 0.05) is 18.5 Å². The van der Waals surface area contributed by atoms with Crippen molar-refractivity contribution in [2.24, 2.45) is 0 Å². The molecule has 3 rings (SSSR count). The lowest BCUT2D eigenvalue weighted by Crippen LogP contribution is -2.40. The quantitative estimate of drug-likeness (QED) is 0.776. The van der Waals surface area contributed by atoms with E-state index in [1.807, 2.05) is 19.9 Å². The van der Waals surface area contributed by atoms with E-state index in [0.29, 0.717) is 12.1 Å². The highest BCUT2D eigenvalue weighted by Crippen LogP contribution is 2.32. The molecule has 7 nitrogen and oxygen atoms in total. The number of benzene rings is 2. The maximum Gasteiger partial charge on any atom is 0.265 e. The third-order valence-electron chi connectivity index (χ3n) is 4.73. The lowest BCUT2D eigenvalue weighted by molar-refractivity contribution is -0.129. The van der Waals surface area contributed by atoms with E-state index < -0.39 is 10.0 Å². The molecule has 1 saturated heterocycles. The van der Waals surface area contributed by atoms with Gasteiger partial charge in [0.05, 0.1) is 12.8 Å². The number of methoxy groups -OCH3 is 1. The number of aryl methyl sites for hydroxylation is 2. The van der Waals surface area contributed by atoms with Crippen molar-refractivity contribution in [1.82, 2.24) is 0 Å². The Morgan fingerprint density at radius 1 is 0.964 bits per heavy atom. The number of carbonyl (C=O) groups is 2. The van der Waals surface area contributed by atoms with Crippen LogP contribution in [-0.4, -0.2) is 27.3 Å². The smallest absolute Gasteiger partial charge is 0.265 e. The van der Waals surface area contributed by atoms with Crippen LogP contribution < -0.4 is 14.4 Å². The second kappa shape index (κ2) is 7.63. The number of nitrogens with zero attached hydrogens (tertiary/aromatic N) is 1. The molecule has 0 aliphatic carbocycles. The number of sulfonamides is 1. The minimum Gasteiger partial charge on any atom is -0.495 e. The van der Waals surface area contributed by atoms with Crippen LogP contribution in [0.1, 0.15) is 30.4 Å². The van der Waals surface area contributed by atoms with Gasteiger partial charge in [0.1, 0.15) is 10.6 Å². The third kappa shape index (κ3) is 3.87. The van der Waals surface area contributed by atoms with Crippen molar-refractivity contribution >= 4 is 33.2 Å². The fourth-order valence-corrected chi connectivity index (χ4v) is 4.31. The lowest BCUT2D eigenvalue weighted by Gasteiger charge is -2.25. The maximum atomic E-state index is 13.0. The number of imide groups is 1. The van der Waals surface area contributed by atoms with Crippen LogP contribution in [0.4, 0.5) is 11.4 Å². The number of piperidine rings is 1. The zero-order valence-corrected chi connectivity index (χ0v) is 16.8. The van der Waals surface area contributed by atoms with E-state index in [1.165, 1.54) is 25.3 Å². The van der Waals surface area contributed by atoms with Gasteiger partial charge in [-0.05, 0) is 61.7 Å². The Bertz CT molecular complexity index is 1030. The van der Waals surface area contributed by atoms with Crippen LogP contribution in [0, 0.1) is 13.8 Å². The molecule has 28 heavy (non-hydrogen) atoms. The molecule has 0 radical (unpaired) electrons. The number of nitrogens with one attached hydrogen (secondary N) is 1. The molecule has 2 aromatic rings. The van der Waals surface area contributed by atoms with Gasteiger partial charge in [-0.2, -0.15) is 0 Å². The van der Waals surface area contributed by atoms with Crippen LogP contribution in [0.5, 0.6) is 5.75 Å². The highest BCUT2D eigenvalue weighted by Gasteiger charge is 2.29. The highest BCUT2D eigenvalue weighted by atomic mass is 32.2.